The number of nitrogens with two attached hydrogens (primary N) is 1. The number of carbonyl (C=O) groups is 1. The molecule has 1 aliphatic rings. The summed E-state index contributed by atoms with van der Waals surface area (Å²) in [5.41, 5.74) is 6.01. The Hall–Kier alpha value is -1.75. The number of carbonyl (C=O) groups excluding carboxylic acids is 1. The Bertz CT molecular complexity index is 491. The van der Waals surface area contributed by atoms with Crippen molar-refractivity contribution in [1.82, 2.24) is 4.90 Å². The minimum absolute atomic E-state index is 0.0133. The van der Waals surface area contributed by atoms with Crippen LogP contribution in [0.1, 0.15) is 32.6 Å². The summed E-state index contributed by atoms with van der Waals surface area (Å²) in [4.78, 5) is 14.3. The first kappa shape index (κ1) is 16.6. The third kappa shape index (κ3) is 4.13. The second-order valence-corrected chi connectivity index (χ2v) is 5.76. The molecule has 1 fully saturated rings. The molecule has 2 unspecified atom stereocenters. The fourth-order valence-electron chi connectivity index (χ4n) is 2.94. The van der Waals surface area contributed by atoms with Crippen LogP contribution in [0.2, 0.25) is 0 Å². The van der Waals surface area contributed by atoms with Gasteiger partial charge in [0, 0.05) is 18.6 Å². The quantitative estimate of drug-likeness (QED) is 0.875. The molecular weight excluding hydrogens is 280 g/mol. The molecule has 5 nitrogen and oxygen atoms in total. The molecule has 0 saturated carbocycles. The Morgan fingerprint density at radius 2 is 2.09 bits per heavy atom. The van der Waals surface area contributed by atoms with Gasteiger partial charge in [-0.2, -0.15) is 0 Å². The molecule has 0 radical (unpaired) electrons. The Morgan fingerprint density at radius 3 is 2.77 bits per heavy atom. The van der Waals surface area contributed by atoms with Crippen LogP contribution >= 0.6 is 0 Å². The number of methoxy groups -OCH3 is 1. The van der Waals surface area contributed by atoms with Gasteiger partial charge in [0.1, 0.15) is 0 Å². The Balaban J connectivity index is 1.86. The van der Waals surface area contributed by atoms with Gasteiger partial charge in [-0.3, -0.25) is 4.79 Å². The number of benzene rings is 1. The average Bonchev–Trinajstić information content (AvgIpc) is 2.55. The molecule has 1 heterocycles. The summed E-state index contributed by atoms with van der Waals surface area (Å²) < 4.78 is 10.9. The summed E-state index contributed by atoms with van der Waals surface area (Å²) in [5, 5.41) is 0. The van der Waals surface area contributed by atoms with Crippen LogP contribution < -0.4 is 15.2 Å². The first-order chi connectivity index (χ1) is 10.6. The second kappa shape index (κ2) is 8.03. The number of rotatable bonds is 6. The normalized spacial score (nSPS) is 19.6. The van der Waals surface area contributed by atoms with E-state index in [1.165, 1.54) is 0 Å². The van der Waals surface area contributed by atoms with Gasteiger partial charge < -0.3 is 20.1 Å². The molecule has 0 aromatic heterocycles. The summed E-state index contributed by atoms with van der Waals surface area (Å²) in [5.74, 6) is 1.47. The van der Waals surface area contributed by atoms with E-state index in [0.717, 1.165) is 25.8 Å². The van der Waals surface area contributed by atoms with Crippen molar-refractivity contribution in [2.45, 2.75) is 44.7 Å². The van der Waals surface area contributed by atoms with Gasteiger partial charge in [-0.25, -0.2) is 0 Å². The number of piperidine rings is 1. The van der Waals surface area contributed by atoms with E-state index in [1.54, 1.807) is 7.11 Å². The van der Waals surface area contributed by atoms with Crippen molar-refractivity contribution in [1.29, 1.82) is 0 Å². The maximum Gasteiger partial charge on any atom is 0.226 e. The first-order valence-electron chi connectivity index (χ1n) is 7.94. The number of amides is 1. The molecule has 1 aromatic carbocycles. The molecular formula is C17H26N2O3. The van der Waals surface area contributed by atoms with Crippen molar-refractivity contribution in [3.05, 3.63) is 24.3 Å². The van der Waals surface area contributed by atoms with Gasteiger partial charge in [0.2, 0.25) is 5.91 Å². The highest BCUT2D eigenvalue weighted by Crippen LogP contribution is 2.26. The number of hydrogen-bond acceptors (Lipinski definition) is 4. The lowest BCUT2D eigenvalue weighted by molar-refractivity contribution is -0.135. The third-order valence-electron chi connectivity index (χ3n) is 4.12. The van der Waals surface area contributed by atoms with E-state index in [2.05, 4.69) is 0 Å². The maximum atomic E-state index is 12.4. The second-order valence-electron chi connectivity index (χ2n) is 5.76. The van der Waals surface area contributed by atoms with Crippen LogP contribution in [0.3, 0.4) is 0 Å². The van der Waals surface area contributed by atoms with Crippen LogP contribution in [-0.2, 0) is 4.79 Å². The van der Waals surface area contributed by atoms with Gasteiger partial charge >= 0.3 is 0 Å². The molecule has 122 valence electrons. The van der Waals surface area contributed by atoms with E-state index in [1.807, 2.05) is 36.1 Å². The number of hydrogen-bond donors (Lipinski definition) is 1. The van der Waals surface area contributed by atoms with E-state index >= 15 is 0 Å². The van der Waals surface area contributed by atoms with Crippen LogP contribution in [0.15, 0.2) is 24.3 Å². The molecule has 0 aliphatic carbocycles. The highest BCUT2D eigenvalue weighted by atomic mass is 16.5. The zero-order chi connectivity index (χ0) is 15.9. The molecule has 1 aliphatic heterocycles. The monoisotopic (exact) mass is 306 g/mol. The summed E-state index contributed by atoms with van der Waals surface area (Å²) >= 11 is 0. The van der Waals surface area contributed by atoms with Crippen molar-refractivity contribution in [2.24, 2.45) is 5.73 Å². The Labute approximate surface area is 132 Å². The van der Waals surface area contributed by atoms with Gasteiger partial charge in [-0.05, 0) is 38.3 Å². The van der Waals surface area contributed by atoms with Crippen molar-refractivity contribution in [2.75, 3.05) is 20.3 Å². The van der Waals surface area contributed by atoms with Gasteiger partial charge in [0.25, 0.3) is 0 Å². The number of ether oxygens (including phenoxy) is 2. The number of likely N-dealkylation sites (tertiary alicyclic amines) is 1. The molecule has 2 N–H and O–H groups in total. The summed E-state index contributed by atoms with van der Waals surface area (Å²) in [6.07, 6.45) is 3.56. The third-order valence-corrected chi connectivity index (χ3v) is 4.12. The van der Waals surface area contributed by atoms with Crippen molar-refractivity contribution in [3.63, 3.8) is 0 Å². The molecule has 2 rings (SSSR count). The highest BCUT2D eigenvalue weighted by Gasteiger charge is 2.28. The van der Waals surface area contributed by atoms with Crippen LogP contribution in [0.5, 0.6) is 11.5 Å². The van der Waals surface area contributed by atoms with Crippen LogP contribution in [0, 0.1) is 0 Å². The maximum absolute atomic E-state index is 12.4. The lowest BCUT2D eigenvalue weighted by atomic mass is 9.96. The molecule has 2 atom stereocenters. The van der Waals surface area contributed by atoms with Gasteiger partial charge in [0.05, 0.1) is 20.1 Å². The average molecular weight is 306 g/mol. The van der Waals surface area contributed by atoms with Crippen LogP contribution in [0.4, 0.5) is 0 Å². The Kier molecular flexibility index (Phi) is 6.07. The molecule has 1 amide bonds. The van der Waals surface area contributed by atoms with E-state index in [9.17, 15) is 4.79 Å². The lowest BCUT2D eigenvalue weighted by Gasteiger charge is -2.38. The summed E-state index contributed by atoms with van der Waals surface area (Å²) in [7, 11) is 1.61. The van der Waals surface area contributed by atoms with E-state index < -0.39 is 0 Å². The van der Waals surface area contributed by atoms with E-state index in [4.69, 9.17) is 15.2 Å². The van der Waals surface area contributed by atoms with Crippen molar-refractivity contribution in [3.8, 4) is 11.5 Å². The van der Waals surface area contributed by atoms with Gasteiger partial charge in [-0.15, -0.1) is 0 Å². The van der Waals surface area contributed by atoms with Gasteiger partial charge in [0.15, 0.2) is 11.5 Å². The lowest BCUT2D eigenvalue weighted by Crippen LogP contribution is -2.51. The zero-order valence-electron chi connectivity index (χ0n) is 13.5. The van der Waals surface area contributed by atoms with Gasteiger partial charge in [-0.1, -0.05) is 12.1 Å². The smallest absolute Gasteiger partial charge is 0.226 e. The Morgan fingerprint density at radius 1 is 1.36 bits per heavy atom. The van der Waals surface area contributed by atoms with E-state index in [-0.39, 0.29) is 18.0 Å². The molecule has 0 spiro atoms. The minimum atomic E-state index is 0.0133. The predicted molar refractivity (Wildman–Crippen MR) is 86.1 cm³/mol. The largest absolute Gasteiger partial charge is 0.493 e. The minimum Gasteiger partial charge on any atom is -0.493 e. The van der Waals surface area contributed by atoms with Crippen molar-refractivity contribution < 1.29 is 14.3 Å². The first-order valence-corrected chi connectivity index (χ1v) is 7.94. The molecule has 1 saturated heterocycles. The molecule has 22 heavy (non-hydrogen) atoms. The SMILES string of the molecule is COc1ccccc1OCCC(=O)N1CCCCC1C(C)N. The highest BCUT2D eigenvalue weighted by molar-refractivity contribution is 5.76. The fraction of sp³-hybridized carbons (Fsp3) is 0.588. The summed E-state index contributed by atoms with van der Waals surface area (Å²) in [6.45, 7) is 3.13. The van der Waals surface area contributed by atoms with Crippen molar-refractivity contribution >= 4 is 5.91 Å². The van der Waals surface area contributed by atoms with E-state index in [0.29, 0.717) is 24.5 Å². The topological polar surface area (TPSA) is 64.8 Å². The summed E-state index contributed by atoms with van der Waals surface area (Å²) in [6, 6.07) is 7.63. The van der Waals surface area contributed by atoms with Crippen LogP contribution in [0.25, 0.3) is 0 Å². The number of para-hydroxylation sites is 2. The zero-order valence-corrected chi connectivity index (χ0v) is 13.5. The number of nitrogens with zero attached hydrogens (tertiary/aromatic N) is 1. The molecule has 1 aromatic rings. The van der Waals surface area contributed by atoms with Crippen LogP contribution in [-0.4, -0.2) is 43.2 Å². The molecule has 0 bridgehead atoms. The predicted octanol–water partition coefficient (Wildman–Crippen LogP) is 2.19. The molecule has 5 heteroatoms. The standard InChI is InChI=1S/C17H26N2O3/c1-13(18)14-7-5-6-11-19(14)17(20)10-12-22-16-9-4-3-8-15(16)21-2/h3-4,8-9,13-14H,5-7,10-12,18H2,1-2H3. The fourth-order valence-corrected chi connectivity index (χ4v) is 2.94.